The number of nitrogens with one attached hydrogen (secondary N) is 1. The third-order valence-electron chi connectivity index (χ3n) is 4.70. The number of thioether (sulfide) groups is 1. The Kier molecular flexibility index (Phi) is 6.37. The molecule has 0 aromatic rings. The van der Waals surface area contributed by atoms with Crippen LogP contribution in [0, 0.1) is 11.3 Å². The Morgan fingerprint density at radius 3 is 2.70 bits per heavy atom. The fraction of sp³-hybridized carbons (Fsp3) is 0.882. The fourth-order valence-corrected chi connectivity index (χ4v) is 4.41. The Labute approximate surface area is 144 Å². The van der Waals surface area contributed by atoms with E-state index in [1.54, 1.807) is 16.7 Å². The number of carbonyl (C=O) groups excluding carboxylic acids is 2. The van der Waals surface area contributed by atoms with Gasteiger partial charge in [0, 0.05) is 24.3 Å². The Hall–Kier alpha value is -0.750. The van der Waals surface area contributed by atoms with E-state index in [1.807, 2.05) is 20.8 Å². The molecule has 0 aromatic heterocycles. The first-order valence-corrected chi connectivity index (χ1v) is 9.87. The highest BCUT2D eigenvalue weighted by Gasteiger charge is 2.39. The zero-order valence-electron chi connectivity index (χ0n) is 14.9. The topological polar surface area (TPSA) is 52.7 Å². The number of carbonyl (C=O) groups is 2. The molecule has 2 saturated heterocycles. The molecule has 0 aromatic carbocycles. The van der Waals surface area contributed by atoms with Gasteiger partial charge in [0.15, 0.2) is 0 Å². The molecule has 2 amide bonds. The zero-order valence-corrected chi connectivity index (χ0v) is 15.7. The molecule has 2 fully saturated rings. The number of piperidine rings is 1. The Balaban J connectivity index is 1.86. The van der Waals surface area contributed by atoms with E-state index in [1.165, 1.54) is 19.4 Å². The Bertz CT molecular complexity index is 436. The minimum atomic E-state index is -0.436. The average Bonchev–Trinajstić information content (AvgIpc) is 3.00. The van der Waals surface area contributed by atoms with Gasteiger partial charge in [-0.1, -0.05) is 27.7 Å². The van der Waals surface area contributed by atoms with Crippen molar-refractivity contribution < 1.29 is 9.59 Å². The summed E-state index contributed by atoms with van der Waals surface area (Å²) in [5, 5.41) is 3.10. The highest BCUT2D eigenvalue weighted by atomic mass is 32.2. The van der Waals surface area contributed by atoms with Crippen LogP contribution < -0.4 is 5.32 Å². The van der Waals surface area contributed by atoms with E-state index in [9.17, 15) is 9.59 Å². The molecule has 5 nitrogen and oxygen atoms in total. The van der Waals surface area contributed by atoms with E-state index < -0.39 is 5.41 Å². The van der Waals surface area contributed by atoms with E-state index in [0.717, 1.165) is 19.6 Å². The summed E-state index contributed by atoms with van der Waals surface area (Å²) in [5.41, 5.74) is -0.436. The van der Waals surface area contributed by atoms with E-state index >= 15 is 0 Å². The molecule has 0 radical (unpaired) electrons. The number of hydrogen-bond donors (Lipinski definition) is 1. The lowest BCUT2D eigenvalue weighted by atomic mass is 9.94. The lowest BCUT2D eigenvalue weighted by Gasteiger charge is -2.33. The third kappa shape index (κ3) is 4.86. The van der Waals surface area contributed by atoms with Crippen molar-refractivity contribution in [2.24, 2.45) is 11.3 Å². The van der Waals surface area contributed by atoms with Crippen LogP contribution in [-0.2, 0) is 9.59 Å². The molecule has 2 rings (SSSR count). The summed E-state index contributed by atoms with van der Waals surface area (Å²) in [7, 11) is 0. The molecule has 2 atom stereocenters. The van der Waals surface area contributed by atoms with Crippen LogP contribution in [0.2, 0.25) is 0 Å². The van der Waals surface area contributed by atoms with Gasteiger partial charge in [0.1, 0.15) is 6.04 Å². The van der Waals surface area contributed by atoms with Crippen LogP contribution >= 0.6 is 11.8 Å². The van der Waals surface area contributed by atoms with Gasteiger partial charge in [-0.3, -0.25) is 9.59 Å². The SMILES string of the molecule is CCN1CCC[C@H](CNC(=O)[C@@H]2CSCN2C(=O)C(C)(C)C)C1. The molecule has 2 aliphatic rings. The quantitative estimate of drug-likeness (QED) is 0.847. The first-order valence-electron chi connectivity index (χ1n) is 8.71. The molecule has 0 unspecified atom stereocenters. The second-order valence-electron chi connectivity index (χ2n) is 7.69. The summed E-state index contributed by atoms with van der Waals surface area (Å²) in [5.74, 6) is 1.95. The second-order valence-corrected chi connectivity index (χ2v) is 8.69. The number of likely N-dealkylation sites (tertiary alicyclic amines) is 1. The van der Waals surface area contributed by atoms with Gasteiger partial charge in [-0.25, -0.2) is 0 Å². The van der Waals surface area contributed by atoms with Crippen molar-refractivity contribution in [2.45, 2.75) is 46.6 Å². The normalized spacial score (nSPS) is 26.3. The van der Waals surface area contributed by atoms with Crippen LogP contribution in [0.1, 0.15) is 40.5 Å². The molecule has 6 heteroatoms. The predicted molar refractivity (Wildman–Crippen MR) is 95.3 cm³/mol. The van der Waals surface area contributed by atoms with Gasteiger partial charge in [0.2, 0.25) is 11.8 Å². The molecular formula is C17H31N3O2S. The molecule has 0 saturated carbocycles. The smallest absolute Gasteiger partial charge is 0.243 e. The van der Waals surface area contributed by atoms with Crippen molar-refractivity contribution in [3.05, 3.63) is 0 Å². The van der Waals surface area contributed by atoms with Gasteiger partial charge < -0.3 is 15.1 Å². The molecule has 132 valence electrons. The first-order chi connectivity index (χ1) is 10.8. The summed E-state index contributed by atoms with van der Waals surface area (Å²) in [6.45, 7) is 12.0. The molecular weight excluding hydrogens is 310 g/mol. The van der Waals surface area contributed by atoms with E-state index in [2.05, 4.69) is 17.1 Å². The number of rotatable bonds is 4. The average molecular weight is 342 g/mol. The van der Waals surface area contributed by atoms with Gasteiger partial charge in [-0.2, -0.15) is 0 Å². The van der Waals surface area contributed by atoms with Crippen molar-refractivity contribution in [1.82, 2.24) is 15.1 Å². The van der Waals surface area contributed by atoms with E-state index in [4.69, 9.17) is 0 Å². The van der Waals surface area contributed by atoms with Crippen LogP contribution in [-0.4, -0.2) is 65.5 Å². The summed E-state index contributed by atoms with van der Waals surface area (Å²) in [4.78, 5) is 29.2. The van der Waals surface area contributed by atoms with Gasteiger partial charge in [0.25, 0.3) is 0 Å². The molecule has 1 N–H and O–H groups in total. The van der Waals surface area contributed by atoms with E-state index in [-0.39, 0.29) is 17.9 Å². The monoisotopic (exact) mass is 341 g/mol. The van der Waals surface area contributed by atoms with Crippen molar-refractivity contribution >= 4 is 23.6 Å². The summed E-state index contributed by atoms with van der Waals surface area (Å²) >= 11 is 1.66. The van der Waals surface area contributed by atoms with Crippen LogP contribution in [0.5, 0.6) is 0 Å². The maximum atomic E-state index is 12.5. The highest BCUT2D eigenvalue weighted by molar-refractivity contribution is 7.99. The number of hydrogen-bond acceptors (Lipinski definition) is 4. The van der Waals surface area contributed by atoms with Gasteiger partial charge in [-0.05, 0) is 31.8 Å². The van der Waals surface area contributed by atoms with Crippen LogP contribution in [0.15, 0.2) is 0 Å². The Morgan fingerprint density at radius 1 is 1.30 bits per heavy atom. The summed E-state index contributed by atoms with van der Waals surface area (Å²) in [6, 6.07) is -0.308. The van der Waals surface area contributed by atoms with Gasteiger partial charge in [0.05, 0.1) is 5.88 Å². The van der Waals surface area contributed by atoms with Crippen LogP contribution in [0.4, 0.5) is 0 Å². The highest BCUT2D eigenvalue weighted by Crippen LogP contribution is 2.27. The third-order valence-corrected chi connectivity index (χ3v) is 5.71. The molecule has 23 heavy (non-hydrogen) atoms. The van der Waals surface area contributed by atoms with E-state index in [0.29, 0.717) is 17.5 Å². The lowest BCUT2D eigenvalue weighted by Crippen LogP contribution is -2.51. The maximum absolute atomic E-state index is 12.5. The lowest BCUT2D eigenvalue weighted by molar-refractivity contribution is -0.144. The van der Waals surface area contributed by atoms with Gasteiger partial charge in [-0.15, -0.1) is 11.8 Å². The minimum absolute atomic E-state index is 0.0150. The molecule has 2 heterocycles. The van der Waals surface area contributed by atoms with Crippen molar-refractivity contribution in [3.63, 3.8) is 0 Å². The largest absolute Gasteiger partial charge is 0.354 e. The van der Waals surface area contributed by atoms with Gasteiger partial charge >= 0.3 is 0 Å². The number of amides is 2. The second kappa shape index (κ2) is 7.88. The molecule has 0 bridgehead atoms. The number of nitrogens with zero attached hydrogens (tertiary/aromatic N) is 2. The van der Waals surface area contributed by atoms with Crippen LogP contribution in [0.25, 0.3) is 0 Å². The zero-order chi connectivity index (χ0) is 17.0. The van der Waals surface area contributed by atoms with Crippen molar-refractivity contribution in [1.29, 1.82) is 0 Å². The summed E-state index contributed by atoms with van der Waals surface area (Å²) < 4.78 is 0. The van der Waals surface area contributed by atoms with Crippen molar-refractivity contribution in [3.8, 4) is 0 Å². The summed E-state index contributed by atoms with van der Waals surface area (Å²) in [6.07, 6.45) is 2.39. The van der Waals surface area contributed by atoms with Crippen molar-refractivity contribution in [2.75, 3.05) is 37.8 Å². The predicted octanol–water partition coefficient (Wildman–Crippen LogP) is 1.78. The molecule has 2 aliphatic heterocycles. The van der Waals surface area contributed by atoms with Crippen LogP contribution in [0.3, 0.4) is 0 Å². The maximum Gasteiger partial charge on any atom is 0.243 e. The standard InChI is InChI=1S/C17H31N3O2S/c1-5-19-8-6-7-13(10-19)9-18-15(21)14-11-23-12-20(14)16(22)17(2,3)4/h13-14H,5-12H2,1-4H3,(H,18,21)/t13-,14+/m1/s1. The Morgan fingerprint density at radius 2 is 2.04 bits per heavy atom. The fourth-order valence-electron chi connectivity index (χ4n) is 3.26. The molecule has 0 spiro atoms. The minimum Gasteiger partial charge on any atom is -0.354 e. The molecule has 0 aliphatic carbocycles. The first kappa shape index (κ1) is 18.6.